The Bertz CT molecular complexity index is 118. The first-order valence-electron chi connectivity index (χ1n) is 3.77. The molecule has 2 nitrogen and oxygen atoms in total. The van der Waals surface area contributed by atoms with Crippen molar-refractivity contribution in [2.24, 2.45) is 0 Å². The van der Waals surface area contributed by atoms with E-state index in [4.69, 9.17) is 0 Å². The third-order valence-electron chi connectivity index (χ3n) is 2.78. The first-order valence-corrected chi connectivity index (χ1v) is 3.77. The quantitative estimate of drug-likeness (QED) is 0.489. The van der Waals surface area contributed by atoms with Crippen LogP contribution in [0.2, 0.25) is 0 Å². The maximum atomic E-state index is 9.34. The maximum absolute atomic E-state index is 9.34. The zero-order valence-electron chi connectivity index (χ0n) is 5.56. The van der Waals surface area contributed by atoms with Crippen LogP contribution in [-0.4, -0.2) is 23.3 Å². The van der Waals surface area contributed by atoms with Gasteiger partial charge in [0.15, 0.2) is 0 Å². The highest BCUT2D eigenvalue weighted by molar-refractivity contribution is 5.06. The molecule has 1 spiro atoms. The summed E-state index contributed by atoms with van der Waals surface area (Å²) in [6.45, 7) is 0.819. The Morgan fingerprint density at radius 2 is 2.00 bits per heavy atom. The Morgan fingerprint density at radius 1 is 1.33 bits per heavy atom. The Labute approximate surface area is 55.3 Å². The standard InChI is InChI=1S/C7H13NO/c9-6-5-8-7(6)3-1-2-4-7/h6,8-9H,1-5H2. The molecule has 0 aromatic heterocycles. The molecule has 0 radical (unpaired) electrons. The van der Waals surface area contributed by atoms with Crippen LogP contribution in [0, 0.1) is 0 Å². The van der Waals surface area contributed by atoms with Crippen LogP contribution < -0.4 is 5.32 Å². The van der Waals surface area contributed by atoms with Crippen LogP contribution >= 0.6 is 0 Å². The molecular formula is C7H13NO. The van der Waals surface area contributed by atoms with Crippen LogP contribution in [0.25, 0.3) is 0 Å². The fraction of sp³-hybridized carbons (Fsp3) is 1.00. The molecule has 0 amide bonds. The fourth-order valence-corrected chi connectivity index (χ4v) is 2.00. The molecule has 2 heteroatoms. The van der Waals surface area contributed by atoms with Crippen molar-refractivity contribution in [2.75, 3.05) is 6.54 Å². The van der Waals surface area contributed by atoms with Crippen molar-refractivity contribution in [3.05, 3.63) is 0 Å². The second-order valence-electron chi connectivity index (χ2n) is 3.26. The molecule has 0 aromatic rings. The highest BCUT2D eigenvalue weighted by Crippen LogP contribution is 2.36. The summed E-state index contributed by atoms with van der Waals surface area (Å²) in [6, 6.07) is 0. The van der Waals surface area contributed by atoms with E-state index in [0.717, 1.165) is 6.54 Å². The molecular weight excluding hydrogens is 114 g/mol. The van der Waals surface area contributed by atoms with Gasteiger partial charge in [-0.2, -0.15) is 0 Å². The highest BCUT2D eigenvalue weighted by Gasteiger charge is 2.46. The van der Waals surface area contributed by atoms with Crippen LogP contribution in [0.15, 0.2) is 0 Å². The van der Waals surface area contributed by atoms with Gasteiger partial charge in [0.25, 0.3) is 0 Å². The van der Waals surface area contributed by atoms with Crippen LogP contribution in [0.5, 0.6) is 0 Å². The molecule has 0 aromatic carbocycles. The zero-order valence-corrected chi connectivity index (χ0v) is 5.56. The maximum Gasteiger partial charge on any atom is 0.0845 e. The van der Waals surface area contributed by atoms with Crippen molar-refractivity contribution in [3.8, 4) is 0 Å². The van der Waals surface area contributed by atoms with Crippen LogP contribution in [0.3, 0.4) is 0 Å². The van der Waals surface area contributed by atoms with Crippen molar-refractivity contribution in [2.45, 2.75) is 37.3 Å². The number of hydrogen-bond donors (Lipinski definition) is 2. The lowest BCUT2D eigenvalue weighted by molar-refractivity contribution is -0.00942. The molecule has 1 saturated heterocycles. The molecule has 1 saturated carbocycles. The van der Waals surface area contributed by atoms with Gasteiger partial charge in [0, 0.05) is 12.1 Å². The lowest BCUT2D eigenvalue weighted by Gasteiger charge is -2.45. The van der Waals surface area contributed by atoms with Gasteiger partial charge in [-0.15, -0.1) is 0 Å². The van der Waals surface area contributed by atoms with Crippen molar-refractivity contribution in [1.82, 2.24) is 5.32 Å². The molecule has 2 aliphatic rings. The monoisotopic (exact) mass is 127 g/mol. The number of hydrogen-bond acceptors (Lipinski definition) is 2. The van der Waals surface area contributed by atoms with Gasteiger partial charge >= 0.3 is 0 Å². The van der Waals surface area contributed by atoms with E-state index in [9.17, 15) is 5.11 Å². The molecule has 2 N–H and O–H groups in total. The predicted molar refractivity (Wildman–Crippen MR) is 35.2 cm³/mol. The Balaban J connectivity index is 2.06. The van der Waals surface area contributed by atoms with E-state index in [1.807, 2.05) is 0 Å². The van der Waals surface area contributed by atoms with Gasteiger partial charge < -0.3 is 10.4 Å². The summed E-state index contributed by atoms with van der Waals surface area (Å²) < 4.78 is 0. The van der Waals surface area contributed by atoms with E-state index in [-0.39, 0.29) is 11.6 Å². The average Bonchev–Trinajstić information content (AvgIpc) is 2.34. The lowest BCUT2D eigenvalue weighted by atomic mass is 9.83. The molecule has 1 unspecified atom stereocenters. The molecule has 0 bridgehead atoms. The Kier molecular flexibility index (Phi) is 1.08. The molecule has 1 aliphatic carbocycles. The minimum atomic E-state index is -0.0417. The van der Waals surface area contributed by atoms with E-state index >= 15 is 0 Å². The average molecular weight is 127 g/mol. The summed E-state index contributed by atoms with van der Waals surface area (Å²) in [6.07, 6.45) is 4.93. The topological polar surface area (TPSA) is 32.3 Å². The number of nitrogens with one attached hydrogen (secondary N) is 1. The normalized spacial score (nSPS) is 39.0. The Hall–Kier alpha value is -0.0800. The van der Waals surface area contributed by atoms with Crippen LogP contribution in [0.4, 0.5) is 0 Å². The summed E-state index contributed by atoms with van der Waals surface area (Å²) in [5, 5.41) is 12.7. The summed E-state index contributed by atoms with van der Waals surface area (Å²) in [7, 11) is 0. The summed E-state index contributed by atoms with van der Waals surface area (Å²) in [4.78, 5) is 0. The van der Waals surface area contributed by atoms with Crippen molar-refractivity contribution < 1.29 is 5.11 Å². The summed E-state index contributed by atoms with van der Waals surface area (Å²) in [5.41, 5.74) is 0.181. The number of aliphatic hydroxyl groups is 1. The molecule has 2 fully saturated rings. The lowest BCUT2D eigenvalue weighted by Crippen LogP contribution is -2.67. The van der Waals surface area contributed by atoms with Gasteiger partial charge in [-0.1, -0.05) is 12.8 Å². The van der Waals surface area contributed by atoms with Crippen molar-refractivity contribution in [3.63, 3.8) is 0 Å². The smallest absolute Gasteiger partial charge is 0.0845 e. The van der Waals surface area contributed by atoms with E-state index in [1.165, 1.54) is 25.7 Å². The molecule has 1 heterocycles. The van der Waals surface area contributed by atoms with Gasteiger partial charge in [0.2, 0.25) is 0 Å². The summed E-state index contributed by atoms with van der Waals surface area (Å²) >= 11 is 0. The second-order valence-corrected chi connectivity index (χ2v) is 3.26. The number of aliphatic hydroxyl groups excluding tert-OH is 1. The first-order chi connectivity index (χ1) is 4.33. The van der Waals surface area contributed by atoms with Gasteiger partial charge in [0.1, 0.15) is 0 Å². The molecule has 2 rings (SSSR count). The SMILES string of the molecule is OC1CNC12CCCC2. The molecule has 52 valence electrons. The van der Waals surface area contributed by atoms with Crippen molar-refractivity contribution >= 4 is 0 Å². The Morgan fingerprint density at radius 3 is 2.22 bits per heavy atom. The fourth-order valence-electron chi connectivity index (χ4n) is 2.00. The van der Waals surface area contributed by atoms with Crippen molar-refractivity contribution in [1.29, 1.82) is 0 Å². The van der Waals surface area contributed by atoms with E-state index in [0.29, 0.717) is 0 Å². The van der Waals surface area contributed by atoms with E-state index < -0.39 is 0 Å². The molecule has 1 aliphatic heterocycles. The molecule has 9 heavy (non-hydrogen) atoms. The summed E-state index contributed by atoms with van der Waals surface area (Å²) in [5.74, 6) is 0. The largest absolute Gasteiger partial charge is 0.390 e. The second kappa shape index (κ2) is 1.70. The molecule has 1 atom stereocenters. The highest BCUT2D eigenvalue weighted by atomic mass is 16.3. The van der Waals surface area contributed by atoms with Gasteiger partial charge in [-0.25, -0.2) is 0 Å². The minimum absolute atomic E-state index is 0.0417. The van der Waals surface area contributed by atoms with Crippen LogP contribution in [0.1, 0.15) is 25.7 Å². The number of β-amino-alcohol motifs (C(OH)–C–C–N with tert-alkyl or cyclic N) is 1. The predicted octanol–water partition coefficient (Wildman–Crippen LogP) is 0.263. The van der Waals surface area contributed by atoms with Gasteiger partial charge in [0.05, 0.1) is 6.10 Å². The zero-order chi connectivity index (χ0) is 6.32. The van der Waals surface area contributed by atoms with E-state index in [1.54, 1.807) is 0 Å². The third kappa shape index (κ3) is 0.634. The number of rotatable bonds is 0. The van der Waals surface area contributed by atoms with Crippen LogP contribution in [-0.2, 0) is 0 Å². The van der Waals surface area contributed by atoms with E-state index in [2.05, 4.69) is 5.32 Å². The van der Waals surface area contributed by atoms with Gasteiger partial charge in [-0.05, 0) is 12.8 Å². The first kappa shape index (κ1) is 5.69. The third-order valence-corrected chi connectivity index (χ3v) is 2.78. The minimum Gasteiger partial charge on any atom is -0.390 e. The van der Waals surface area contributed by atoms with Gasteiger partial charge in [-0.3, -0.25) is 0 Å².